The van der Waals surface area contributed by atoms with Crippen molar-refractivity contribution in [3.8, 4) is 0 Å². The van der Waals surface area contributed by atoms with Crippen molar-refractivity contribution in [1.29, 1.82) is 0 Å². The van der Waals surface area contributed by atoms with Gasteiger partial charge in [-0.3, -0.25) is 14.4 Å². The van der Waals surface area contributed by atoms with Crippen LogP contribution in [0.15, 0.2) is 0 Å². The molecular formula is C27H51O7P. The largest absolute Gasteiger partial charge is 0.457 e. The van der Waals surface area contributed by atoms with E-state index in [9.17, 15) is 18.9 Å². The molecule has 0 rings (SSSR count). The molecule has 3 atom stereocenters. The van der Waals surface area contributed by atoms with Gasteiger partial charge in [0.15, 0.2) is 7.14 Å². The average molecular weight is 519 g/mol. The fraction of sp³-hybridized carbons (Fsp3) is 0.889. The molecule has 0 N–H and O–H groups in total. The molecule has 0 aliphatic rings. The Bertz CT molecular complexity index is 564. The van der Waals surface area contributed by atoms with Crippen LogP contribution >= 0.6 is 7.14 Å². The summed E-state index contributed by atoms with van der Waals surface area (Å²) in [5.74, 6) is -1.98. The quantitative estimate of drug-likeness (QED) is 0.0881. The van der Waals surface area contributed by atoms with Crippen molar-refractivity contribution in [2.45, 2.75) is 119 Å². The minimum Gasteiger partial charge on any atom is -0.457 e. The zero-order valence-corrected chi connectivity index (χ0v) is 24.0. The number of ether oxygens (including phenoxy) is 3. The van der Waals surface area contributed by atoms with Crippen LogP contribution in [0.5, 0.6) is 0 Å². The third-order valence-electron chi connectivity index (χ3n) is 6.52. The van der Waals surface area contributed by atoms with E-state index in [-0.39, 0.29) is 17.8 Å². The minimum atomic E-state index is -3.44. The molecule has 0 heterocycles. The Hall–Kier alpha value is -1.36. The summed E-state index contributed by atoms with van der Waals surface area (Å²) in [6.45, 7) is 11.9. The predicted octanol–water partition coefficient (Wildman–Crippen LogP) is 7.50. The third-order valence-corrected chi connectivity index (χ3v) is 8.32. The number of esters is 3. The summed E-state index contributed by atoms with van der Waals surface area (Å²) >= 11 is 0. The van der Waals surface area contributed by atoms with E-state index in [0.29, 0.717) is 38.5 Å². The van der Waals surface area contributed by atoms with Gasteiger partial charge in [-0.25, -0.2) is 0 Å². The first-order valence-corrected chi connectivity index (χ1v) is 16.0. The lowest BCUT2D eigenvalue weighted by molar-refractivity contribution is -0.147. The SMILES string of the molecule is CCCC[C@H](CC)C(=O)OCP(=O)(COC(=O)[C@@H](CC)CCCC)COC(=O)[C@@H](CC)CCCC. The third kappa shape index (κ3) is 14.1. The molecule has 0 amide bonds. The summed E-state index contributed by atoms with van der Waals surface area (Å²) in [6, 6.07) is 0. The molecule has 7 nitrogen and oxygen atoms in total. The van der Waals surface area contributed by atoms with Gasteiger partial charge < -0.3 is 18.8 Å². The van der Waals surface area contributed by atoms with E-state index in [1.54, 1.807) is 0 Å². The van der Waals surface area contributed by atoms with E-state index in [4.69, 9.17) is 14.2 Å². The zero-order valence-electron chi connectivity index (χ0n) is 23.1. The first kappa shape index (κ1) is 33.6. The van der Waals surface area contributed by atoms with Crippen molar-refractivity contribution >= 4 is 25.0 Å². The van der Waals surface area contributed by atoms with Crippen molar-refractivity contribution in [2.75, 3.05) is 19.0 Å². The molecule has 8 heteroatoms. The van der Waals surface area contributed by atoms with Crippen LogP contribution in [-0.2, 0) is 33.2 Å². The molecule has 206 valence electrons. The second kappa shape index (κ2) is 19.8. The predicted molar refractivity (Wildman–Crippen MR) is 140 cm³/mol. The highest BCUT2D eigenvalue weighted by Gasteiger charge is 2.32. The Morgan fingerprint density at radius 2 is 0.800 bits per heavy atom. The van der Waals surface area contributed by atoms with Crippen molar-refractivity contribution in [1.82, 2.24) is 0 Å². The molecule has 0 saturated heterocycles. The molecule has 0 aromatic carbocycles. The maximum atomic E-state index is 13.7. The van der Waals surface area contributed by atoms with E-state index >= 15 is 0 Å². The summed E-state index contributed by atoms with van der Waals surface area (Å²) in [7, 11) is -3.44. The van der Waals surface area contributed by atoms with Gasteiger partial charge in [-0.15, -0.1) is 0 Å². The van der Waals surface area contributed by atoms with Gasteiger partial charge in [0.1, 0.15) is 19.0 Å². The molecular weight excluding hydrogens is 467 g/mol. The van der Waals surface area contributed by atoms with E-state index in [2.05, 4.69) is 20.8 Å². The van der Waals surface area contributed by atoms with Gasteiger partial charge >= 0.3 is 17.9 Å². The number of rotatable bonds is 21. The summed E-state index contributed by atoms with van der Waals surface area (Å²) in [4.78, 5) is 37.8. The highest BCUT2D eigenvalue weighted by molar-refractivity contribution is 7.63. The van der Waals surface area contributed by atoms with Gasteiger partial charge in [0.2, 0.25) is 0 Å². The highest BCUT2D eigenvalue weighted by Crippen LogP contribution is 2.46. The molecule has 0 fully saturated rings. The fourth-order valence-corrected chi connectivity index (χ4v) is 5.14. The maximum absolute atomic E-state index is 13.7. The molecule has 0 saturated carbocycles. The fourth-order valence-electron chi connectivity index (χ4n) is 3.83. The molecule has 0 aliphatic carbocycles. The van der Waals surface area contributed by atoms with Crippen LogP contribution in [0.2, 0.25) is 0 Å². The lowest BCUT2D eigenvalue weighted by atomic mass is 10.00. The normalized spacial score (nSPS) is 14.1. The Morgan fingerprint density at radius 3 is 1.00 bits per heavy atom. The molecule has 0 aromatic heterocycles. The van der Waals surface area contributed by atoms with E-state index in [0.717, 1.165) is 38.5 Å². The molecule has 0 radical (unpaired) electrons. The second-order valence-electron chi connectivity index (χ2n) is 9.58. The zero-order chi connectivity index (χ0) is 26.7. The number of unbranched alkanes of at least 4 members (excludes halogenated alkanes) is 3. The molecule has 0 unspecified atom stereocenters. The van der Waals surface area contributed by atoms with Gasteiger partial charge in [0.05, 0.1) is 17.8 Å². The molecule has 35 heavy (non-hydrogen) atoms. The van der Waals surface area contributed by atoms with Crippen LogP contribution in [0.4, 0.5) is 0 Å². The molecule has 0 aromatic rings. The maximum Gasteiger partial charge on any atom is 0.309 e. The van der Waals surface area contributed by atoms with Crippen molar-refractivity contribution in [2.24, 2.45) is 17.8 Å². The van der Waals surface area contributed by atoms with E-state index < -0.39 is 44.1 Å². The van der Waals surface area contributed by atoms with Crippen molar-refractivity contribution in [3.05, 3.63) is 0 Å². The van der Waals surface area contributed by atoms with Crippen LogP contribution in [0.25, 0.3) is 0 Å². The number of carbonyl (C=O) groups is 3. The smallest absolute Gasteiger partial charge is 0.309 e. The molecule has 0 spiro atoms. The van der Waals surface area contributed by atoms with E-state index in [1.165, 1.54) is 0 Å². The van der Waals surface area contributed by atoms with Gasteiger partial charge in [0, 0.05) is 0 Å². The van der Waals surface area contributed by atoms with Crippen LogP contribution in [-0.4, -0.2) is 37.0 Å². The topological polar surface area (TPSA) is 96.0 Å². The average Bonchev–Trinajstić information content (AvgIpc) is 2.86. The van der Waals surface area contributed by atoms with Crippen molar-refractivity contribution < 1.29 is 33.2 Å². The van der Waals surface area contributed by atoms with Crippen LogP contribution in [0.3, 0.4) is 0 Å². The van der Waals surface area contributed by atoms with E-state index in [1.807, 2.05) is 20.8 Å². The Labute approximate surface area is 213 Å². The summed E-state index contributed by atoms with van der Waals surface area (Å²) in [5.41, 5.74) is 0. The number of carbonyl (C=O) groups excluding carboxylic acids is 3. The van der Waals surface area contributed by atoms with Crippen LogP contribution in [0.1, 0.15) is 119 Å². The number of hydrogen-bond acceptors (Lipinski definition) is 7. The first-order valence-electron chi connectivity index (χ1n) is 13.8. The molecule has 0 aliphatic heterocycles. The van der Waals surface area contributed by atoms with Gasteiger partial charge in [-0.1, -0.05) is 80.1 Å². The minimum absolute atomic E-state index is 0.259. The van der Waals surface area contributed by atoms with Gasteiger partial charge in [-0.05, 0) is 38.5 Å². The van der Waals surface area contributed by atoms with Crippen LogP contribution in [0, 0.1) is 17.8 Å². The second-order valence-corrected chi connectivity index (χ2v) is 12.5. The lowest BCUT2D eigenvalue weighted by Gasteiger charge is -2.22. The highest BCUT2D eigenvalue weighted by atomic mass is 31.2. The summed E-state index contributed by atoms with van der Waals surface area (Å²) in [6.07, 6.45) is 8.51. The number of hydrogen-bond donors (Lipinski definition) is 0. The monoisotopic (exact) mass is 518 g/mol. The van der Waals surface area contributed by atoms with Crippen molar-refractivity contribution in [3.63, 3.8) is 0 Å². The summed E-state index contributed by atoms with van der Waals surface area (Å²) in [5, 5.41) is 0. The standard InChI is InChI=1S/C27H51O7P/c1-7-13-16-22(10-4)25(28)32-19-35(31,20-33-26(29)23(11-5)17-14-8-2)21-34-27(30)24(12-6)18-15-9-3/h22-24H,7-21H2,1-6H3/t22-,23-,24-/m0/s1. The summed E-state index contributed by atoms with van der Waals surface area (Å²) < 4.78 is 30.0. The first-order chi connectivity index (χ1) is 16.7. The lowest BCUT2D eigenvalue weighted by Crippen LogP contribution is -2.23. The van der Waals surface area contributed by atoms with Crippen LogP contribution < -0.4 is 0 Å². The Kier molecular flexibility index (Phi) is 19.0. The molecule has 0 bridgehead atoms. The Balaban J connectivity index is 5.31. The van der Waals surface area contributed by atoms with Gasteiger partial charge in [0.25, 0.3) is 0 Å². The Morgan fingerprint density at radius 1 is 0.543 bits per heavy atom. The van der Waals surface area contributed by atoms with Gasteiger partial charge in [-0.2, -0.15) is 0 Å².